The minimum absolute atomic E-state index is 0.0752. The summed E-state index contributed by atoms with van der Waals surface area (Å²) in [5, 5.41) is 11.4. The second kappa shape index (κ2) is 6.53. The van der Waals surface area contributed by atoms with Crippen LogP contribution in [0.2, 0.25) is 0 Å². The van der Waals surface area contributed by atoms with Gasteiger partial charge in [-0.1, -0.05) is 0 Å². The molecule has 3 heterocycles. The van der Waals surface area contributed by atoms with Crippen LogP contribution in [0.25, 0.3) is 5.52 Å². The first kappa shape index (κ1) is 16.9. The lowest BCUT2D eigenvalue weighted by atomic mass is 9.79. The van der Waals surface area contributed by atoms with Crippen molar-refractivity contribution in [1.82, 2.24) is 9.38 Å². The molecule has 3 rings (SSSR count). The summed E-state index contributed by atoms with van der Waals surface area (Å²) in [6.45, 7) is 7.07. The SMILES string of the molecule is CCOC(=O)c1c(C)c(C(C)(O)C2CCOCC2)n2ccncc12. The number of rotatable bonds is 4. The number of hydrogen-bond acceptors (Lipinski definition) is 5. The lowest BCUT2D eigenvalue weighted by molar-refractivity contribution is -0.0613. The Bertz CT molecular complexity index is 745. The zero-order chi connectivity index (χ0) is 17.3. The van der Waals surface area contributed by atoms with Crippen LogP contribution < -0.4 is 0 Å². The van der Waals surface area contributed by atoms with Crippen LogP contribution in [0.4, 0.5) is 0 Å². The smallest absolute Gasteiger partial charge is 0.340 e. The fourth-order valence-electron chi connectivity index (χ4n) is 3.77. The van der Waals surface area contributed by atoms with Crippen molar-refractivity contribution in [3.05, 3.63) is 35.4 Å². The zero-order valence-corrected chi connectivity index (χ0v) is 14.4. The van der Waals surface area contributed by atoms with E-state index < -0.39 is 5.60 Å². The summed E-state index contributed by atoms with van der Waals surface area (Å²) in [5.41, 5.74) is 1.55. The van der Waals surface area contributed by atoms with Gasteiger partial charge in [-0.25, -0.2) is 4.79 Å². The maximum Gasteiger partial charge on any atom is 0.340 e. The highest BCUT2D eigenvalue weighted by atomic mass is 16.5. The molecule has 2 aromatic rings. The van der Waals surface area contributed by atoms with Gasteiger partial charge in [0.15, 0.2) is 0 Å². The molecule has 2 aromatic heterocycles. The van der Waals surface area contributed by atoms with Crippen LogP contribution >= 0.6 is 0 Å². The third-order valence-corrected chi connectivity index (χ3v) is 4.96. The van der Waals surface area contributed by atoms with E-state index in [1.54, 1.807) is 25.5 Å². The monoisotopic (exact) mass is 332 g/mol. The van der Waals surface area contributed by atoms with Gasteiger partial charge in [-0.2, -0.15) is 0 Å². The van der Waals surface area contributed by atoms with E-state index in [4.69, 9.17) is 9.47 Å². The number of esters is 1. The molecule has 1 aliphatic heterocycles. The molecular formula is C18H24N2O4. The molecule has 24 heavy (non-hydrogen) atoms. The number of fused-ring (bicyclic) bond motifs is 1. The molecule has 0 aliphatic carbocycles. The molecule has 0 radical (unpaired) electrons. The fourth-order valence-corrected chi connectivity index (χ4v) is 3.77. The molecule has 1 saturated heterocycles. The minimum Gasteiger partial charge on any atom is -0.462 e. The quantitative estimate of drug-likeness (QED) is 0.871. The molecule has 6 heteroatoms. The van der Waals surface area contributed by atoms with E-state index >= 15 is 0 Å². The Kier molecular flexibility index (Phi) is 4.60. The minimum atomic E-state index is -1.07. The lowest BCUT2D eigenvalue weighted by Gasteiger charge is -2.36. The summed E-state index contributed by atoms with van der Waals surface area (Å²) < 4.78 is 12.5. The van der Waals surface area contributed by atoms with Crippen LogP contribution in [0.1, 0.15) is 48.3 Å². The Morgan fingerprint density at radius 2 is 2.21 bits per heavy atom. The van der Waals surface area contributed by atoms with Gasteiger partial charge < -0.3 is 19.0 Å². The predicted octanol–water partition coefficient (Wildman–Crippen LogP) is 2.45. The van der Waals surface area contributed by atoms with E-state index in [0.717, 1.165) is 24.1 Å². The molecule has 0 spiro atoms. The van der Waals surface area contributed by atoms with Crippen LogP contribution in [0.5, 0.6) is 0 Å². The van der Waals surface area contributed by atoms with Gasteiger partial charge in [-0.3, -0.25) is 4.98 Å². The van der Waals surface area contributed by atoms with Crippen molar-refractivity contribution in [3.63, 3.8) is 0 Å². The van der Waals surface area contributed by atoms with Crippen LogP contribution in [-0.4, -0.2) is 40.3 Å². The largest absolute Gasteiger partial charge is 0.462 e. The topological polar surface area (TPSA) is 73.1 Å². The molecule has 1 aliphatic rings. The summed E-state index contributed by atoms with van der Waals surface area (Å²) in [7, 11) is 0. The third-order valence-electron chi connectivity index (χ3n) is 4.96. The summed E-state index contributed by atoms with van der Waals surface area (Å²) in [5.74, 6) is -0.305. The fraction of sp³-hybridized carbons (Fsp3) is 0.556. The van der Waals surface area contributed by atoms with E-state index in [0.29, 0.717) is 30.9 Å². The van der Waals surface area contributed by atoms with Gasteiger partial charge in [-0.05, 0) is 45.1 Å². The molecule has 6 nitrogen and oxygen atoms in total. The highest BCUT2D eigenvalue weighted by Crippen LogP contribution is 2.40. The average molecular weight is 332 g/mol. The number of carbonyl (C=O) groups is 1. The van der Waals surface area contributed by atoms with Crippen LogP contribution in [0.3, 0.4) is 0 Å². The molecule has 130 valence electrons. The first-order valence-corrected chi connectivity index (χ1v) is 8.40. The normalized spacial score (nSPS) is 18.5. The van der Waals surface area contributed by atoms with Gasteiger partial charge in [-0.15, -0.1) is 0 Å². The van der Waals surface area contributed by atoms with Crippen molar-refractivity contribution in [3.8, 4) is 0 Å². The van der Waals surface area contributed by atoms with Crippen molar-refractivity contribution in [2.45, 2.75) is 39.2 Å². The summed E-state index contributed by atoms with van der Waals surface area (Å²) in [4.78, 5) is 16.6. The first-order chi connectivity index (χ1) is 11.5. The van der Waals surface area contributed by atoms with E-state index in [2.05, 4.69) is 4.98 Å². The molecule has 1 atom stereocenters. The predicted molar refractivity (Wildman–Crippen MR) is 89.0 cm³/mol. The summed E-state index contributed by atoms with van der Waals surface area (Å²) in [6.07, 6.45) is 6.67. The van der Waals surface area contributed by atoms with Gasteiger partial charge in [0.25, 0.3) is 0 Å². The van der Waals surface area contributed by atoms with Crippen molar-refractivity contribution in [1.29, 1.82) is 0 Å². The Balaban J connectivity index is 2.17. The Labute approximate surface area is 141 Å². The number of hydrogen-bond donors (Lipinski definition) is 1. The van der Waals surface area contributed by atoms with E-state index in [9.17, 15) is 9.90 Å². The highest BCUT2D eigenvalue weighted by Gasteiger charge is 2.40. The Morgan fingerprint density at radius 1 is 1.50 bits per heavy atom. The van der Waals surface area contributed by atoms with Gasteiger partial charge in [0.05, 0.1) is 29.6 Å². The summed E-state index contributed by atoms with van der Waals surface area (Å²) in [6, 6.07) is 0. The third kappa shape index (κ3) is 2.70. The highest BCUT2D eigenvalue weighted by molar-refractivity contribution is 5.99. The number of aliphatic hydroxyl groups is 1. The maximum atomic E-state index is 12.4. The maximum absolute atomic E-state index is 12.4. The van der Waals surface area contributed by atoms with Gasteiger partial charge in [0, 0.05) is 25.6 Å². The molecular weight excluding hydrogens is 308 g/mol. The second-order valence-corrected chi connectivity index (χ2v) is 6.43. The molecule has 1 unspecified atom stereocenters. The van der Waals surface area contributed by atoms with Crippen LogP contribution in [0.15, 0.2) is 18.6 Å². The lowest BCUT2D eigenvalue weighted by Crippen LogP contribution is -2.37. The number of aromatic nitrogens is 2. The van der Waals surface area contributed by atoms with Crippen LogP contribution in [0, 0.1) is 12.8 Å². The Hall–Kier alpha value is -1.92. The van der Waals surface area contributed by atoms with E-state index in [1.807, 2.05) is 18.2 Å². The zero-order valence-electron chi connectivity index (χ0n) is 14.4. The van der Waals surface area contributed by atoms with Crippen molar-refractivity contribution < 1.29 is 19.4 Å². The van der Waals surface area contributed by atoms with Crippen molar-refractivity contribution >= 4 is 11.5 Å². The van der Waals surface area contributed by atoms with E-state index in [1.165, 1.54) is 0 Å². The van der Waals surface area contributed by atoms with Gasteiger partial charge in [0.2, 0.25) is 0 Å². The molecule has 1 fully saturated rings. The van der Waals surface area contributed by atoms with Crippen molar-refractivity contribution in [2.75, 3.05) is 19.8 Å². The molecule has 0 saturated carbocycles. The second-order valence-electron chi connectivity index (χ2n) is 6.43. The number of carbonyl (C=O) groups excluding carboxylic acids is 1. The molecule has 0 bridgehead atoms. The van der Waals surface area contributed by atoms with E-state index in [-0.39, 0.29) is 11.9 Å². The first-order valence-electron chi connectivity index (χ1n) is 8.40. The number of ether oxygens (including phenoxy) is 2. The van der Waals surface area contributed by atoms with Gasteiger partial charge >= 0.3 is 5.97 Å². The van der Waals surface area contributed by atoms with Crippen molar-refractivity contribution in [2.24, 2.45) is 5.92 Å². The molecule has 1 N–H and O–H groups in total. The molecule has 0 amide bonds. The molecule has 0 aromatic carbocycles. The standard InChI is InChI=1S/C18H24N2O4/c1-4-24-17(21)15-12(2)16(20-8-7-19-11-14(15)20)18(3,22)13-5-9-23-10-6-13/h7-8,11,13,22H,4-6,9-10H2,1-3H3. The van der Waals surface area contributed by atoms with Crippen LogP contribution in [-0.2, 0) is 15.1 Å². The average Bonchev–Trinajstić information content (AvgIpc) is 2.88. The van der Waals surface area contributed by atoms with Gasteiger partial charge in [0.1, 0.15) is 5.60 Å². The summed E-state index contributed by atoms with van der Waals surface area (Å²) >= 11 is 0. The number of nitrogens with zero attached hydrogens (tertiary/aromatic N) is 2. The Morgan fingerprint density at radius 3 is 2.88 bits per heavy atom.